The second kappa shape index (κ2) is 4.17. The highest BCUT2D eigenvalue weighted by atomic mass is 79.9. The Labute approximate surface area is 111 Å². The lowest BCUT2D eigenvalue weighted by Gasteiger charge is -2.00. The fraction of sp³-hybridized carbons (Fsp3) is 0.0769. The zero-order valence-electron chi connectivity index (χ0n) is 9.54. The number of hydrogen-bond acceptors (Lipinski definition) is 2. The van der Waals surface area contributed by atoms with Crippen LogP contribution < -0.4 is 0 Å². The normalized spacial score (nSPS) is 11.1. The van der Waals surface area contributed by atoms with E-state index in [0.29, 0.717) is 21.5 Å². The highest BCUT2D eigenvalue weighted by Crippen LogP contribution is 2.29. The van der Waals surface area contributed by atoms with Crippen molar-refractivity contribution in [1.82, 2.24) is 15.0 Å². The molecule has 0 saturated heterocycles. The predicted molar refractivity (Wildman–Crippen MR) is 71.7 cm³/mol. The molecule has 0 fully saturated rings. The molecule has 0 spiro atoms. The van der Waals surface area contributed by atoms with Crippen LogP contribution in [0.25, 0.3) is 22.6 Å². The topological polar surface area (TPSA) is 41.6 Å². The third-order valence-corrected chi connectivity index (χ3v) is 3.61. The number of imidazole rings is 1. The highest BCUT2D eigenvalue weighted by molar-refractivity contribution is 9.10. The van der Waals surface area contributed by atoms with E-state index in [9.17, 15) is 4.39 Å². The van der Waals surface area contributed by atoms with Crippen molar-refractivity contribution in [2.24, 2.45) is 0 Å². The summed E-state index contributed by atoms with van der Waals surface area (Å²) in [6, 6.07) is 6.77. The third kappa shape index (κ3) is 1.71. The largest absolute Gasteiger partial charge is 0.336 e. The Morgan fingerprint density at radius 2 is 2.11 bits per heavy atom. The molecule has 0 aliphatic rings. The Morgan fingerprint density at radius 1 is 1.28 bits per heavy atom. The second-order valence-corrected chi connectivity index (χ2v) is 4.81. The summed E-state index contributed by atoms with van der Waals surface area (Å²) in [5, 5.41) is 0. The lowest BCUT2D eigenvalue weighted by molar-refractivity contribution is 0.621. The van der Waals surface area contributed by atoms with E-state index in [2.05, 4.69) is 30.9 Å². The molecule has 0 saturated carbocycles. The Hall–Kier alpha value is -1.75. The van der Waals surface area contributed by atoms with E-state index in [1.165, 1.54) is 6.07 Å². The molecule has 3 nitrogen and oxygen atoms in total. The van der Waals surface area contributed by atoms with Gasteiger partial charge in [0.2, 0.25) is 0 Å². The van der Waals surface area contributed by atoms with Crippen molar-refractivity contribution in [2.75, 3.05) is 0 Å². The maximum atomic E-state index is 13.5. The summed E-state index contributed by atoms with van der Waals surface area (Å²) >= 11 is 3.24. The number of fused-ring (bicyclic) bond motifs is 1. The molecule has 0 amide bonds. The van der Waals surface area contributed by atoms with Crippen molar-refractivity contribution in [1.29, 1.82) is 0 Å². The molecule has 3 rings (SSSR count). The van der Waals surface area contributed by atoms with Crippen molar-refractivity contribution >= 4 is 27.1 Å². The van der Waals surface area contributed by atoms with Crippen molar-refractivity contribution in [3.8, 4) is 11.4 Å². The number of aryl methyl sites for hydroxylation is 1. The maximum Gasteiger partial charge on any atom is 0.178 e. The van der Waals surface area contributed by atoms with E-state index in [0.717, 1.165) is 11.1 Å². The second-order valence-electron chi connectivity index (χ2n) is 4.01. The van der Waals surface area contributed by atoms with Crippen LogP contribution in [0.4, 0.5) is 4.39 Å². The van der Waals surface area contributed by atoms with Gasteiger partial charge in [-0.3, -0.25) is 0 Å². The van der Waals surface area contributed by atoms with Crippen LogP contribution in [-0.2, 0) is 0 Å². The number of rotatable bonds is 1. The highest BCUT2D eigenvalue weighted by Gasteiger charge is 2.12. The Bertz CT molecular complexity index is 736. The number of aromatic amines is 1. The van der Waals surface area contributed by atoms with E-state index in [1.54, 1.807) is 18.3 Å². The van der Waals surface area contributed by atoms with E-state index < -0.39 is 0 Å². The Morgan fingerprint density at radius 3 is 2.89 bits per heavy atom. The number of aromatic nitrogens is 3. The van der Waals surface area contributed by atoms with Crippen molar-refractivity contribution in [2.45, 2.75) is 6.92 Å². The first-order valence-electron chi connectivity index (χ1n) is 5.42. The smallest absolute Gasteiger partial charge is 0.178 e. The quantitative estimate of drug-likeness (QED) is 0.742. The number of pyridine rings is 1. The van der Waals surface area contributed by atoms with Gasteiger partial charge in [-0.25, -0.2) is 14.4 Å². The van der Waals surface area contributed by atoms with Gasteiger partial charge >= 0.3 is 0 Å². The molecular weight excluding hydrogens is 297 g/mol. The van der Waals surface area contributed by atoms with Crippen molar-refractivity contribution < 1.29 is 4.39 Å². The van der Waals surface area contributed by atoms with Gasteiger partial charge in [0.15, 0.2) is 5.65 Å². The van der Waals surface area contributed by atoms with Crippen LogP contribution in [0.15, 0.2) is 34.9 Å². The summed E-state index contributed by atoms with van der Waals surface area (Å²) in [5.41, 5.74) is 3.27. The van der Waals surface area contributed by atoms with Crippen LogP contribution in [-0.4, -0.2) is 15.0 Å². The van der Waals surface area contributed by atoms with Crippen LogP contribution >= 0.6 is 15.9 Å². The van der Waals surface area contributed by atoms with Gasteiger partial charge in [-0.05, 0) is 46.6 Å². The first-order valence-corrected chi connectivity index (χ1v) is 6.22. The molecule has 2 aromatic heterocycles. The van der Waals surface area contributed by atoms with Gasteiger partial charge in [0.05, 0.1) is 9.99 Å². The van der Waals surface area contributed by atoms with Crippen LogP contribution in [0.3, 0.4) is 0 Å². The van der Waals surface area contributed by atoms with Gasteiger partial charge in [0.25, 0.3) is 0 Å². The summed E-state index contributed by atoms with van der Waals surface area (Å²) in [5.74, 6) is 0.302. The first kappa shape index (κ1) is 11.3. The zero-order chi connectivity index (χ0) is 12.7. The van der Waals surface area contributed by atoms with E-state index >= 15 is 0 Å². The molecule has 0 bridgehead atoms. The van der Waals surface area contributed by atoms with Gasteiger partial charge in [0.1, 0.15) is 11.6 Å². The monoisotopic (exact) mass is 305 g/mol. The number of halogens is 2. The molecule has 5 heteroatoms. The van der Waals surface area contributed by atoms with Gasteiger partial charge < -0.3 is 4.98 Å². The average molecular weight is 306 g/mol. The molecule has 3 aromatic rings. The maximum absolute atomic E-state index is 13.5. The minimum absolute atomic E-state index is 0.308. The zero-order valence-corrected chi connectivity index (χ0v) is 11.1. The Kier molecular flexibility index (Phi) is 2.63. The summed E-state index contributed by atoms with van der Waals surface area (Å²) in [7, 11) is 0. The van der Waals surface area contributed by atoms with Crippen LogP contribution in [0.5, 0.6) is 0 Å². The molecule has 1 aromatic carbocycles. The van der Waals surface area contributed by atoms with Gasteiger partial charge in [-0.2, -0.15) is 0 Å². The first-order chi connectivity index (χ1) is 8.66. The fourth-order valence-corrected chi connectivity index (χ4v) is 2.30. The summed E-state index contributed by atoms with van der Waals surface area (Å²) in [6.07, 6.45) is 1.71. The summed E-state index contributed by atoms with van der Waals surface area (Å²) in [4.78, 5) is 11.7. The molecule has 18 heavy (non-hydrogen) atoms. The molecule has 0 radical (unpaired) electrons. The van der Waals surface area contributed by atoms with Crippen LogP contribution in [0.1, 0.15) is 5.56 Å². The molecule has 0 atom stereocenters. The lowest BCUT2D eigenvalue weighted by atomic mass is 10.2. The average Bonchev–Trinajstić information content (AvgIpc) is 2.78. The number of H-pyrrole nitrogens is 1. The number of nitrogens with one attached hydrogen (secondary N) is 1. The summed E-state index contributed by atoms with van der Waals surface area (Å²) in [6.45, 7) is 1.98. The van der Waals surface area contributed by atoms with Gasteiger partial charge in [-0.1, -0.05) is 6.07 Å². The van der Waals surface area contributed by atoms with Crippen molar-refractivity contribution in [3.63, 3.8) is 0 Å². The number of hydrogen-bond donors (Lipinski definition) is 1. The number of nitrogens with zero attached hydrogens (tertiary/aromatic N) is 2. The Balaban J connectivity index is 2.26. The predicted octanol–water partition coefficient (Wildman–Crippen LogP) is 3.83. The molecule has 2 heterocycles. The molecule has 90 valence electrons. The van der Waals surface area contributed by atoms with E-state index in [1.807, 2.05) is 13.0 Å². The van der Waals surface area contributed by atoms with Gasteiger partial charge in [0, 0.05) is 11.8 Å². The SMILES string of the molecule is Cc1ccnc2nc(-c3cccc(F)c3Br)[nH]c12. The molecule has 1 N–H and O–H groups in total. The lowest BCUT2D eigenvalue weighted by Crippen LogP contribution is -1.85. The van der Waals surface area contributed by atoms with Gasteiger partial charge in [-0.15, -0.1) is 0 Å². The minimum atomic E-state index is -0.308. The molecule has 0 aliphatic carbocycles. The fourth-order valence-electron chi connectivity index (χ4n) is 1.85. The minimum Gasteiger partial charge on any atom is -0.336 e. The molecule has 0 aliphatic heterocycles. The van der Waals surface area contributed by atoms with E-state index in [-0.39, 0.29) is 5.82 Å². The van der Waals surface area contributed by atoms with Crippen LogP contribution in [0, 0.1) is 12.7 Å². The standard InChI is InChI=1S/C13H9BrFN3/c1-7-5-6-16-13-11(7)17-12(18-13)8-3-2-4-9(15)10(8)14/h2-6H,1H3,(H,16,17,18). The third-order valence-electron chi connectivity index (χ3n) is 2.81. The van der Waals surface area contributed by atoms with E-state index in [4.69, 9.17) is 0 Å². The molecular formula is C13H9BrFN3. The number of benzene rings is 1. The summed E-state index contributed by atoms with van der Waals surface area (Å²) < 4.78 is 13.9. The van der Waals surface area contributed by atoms with Crippen LogP contribution in [0.2, 0.25) is 0 Å². The van der Waals surface area contributed by atoms with Crippen molar-refractivity contribution in [3.05, 3.63) is 46.3 Å². The molecule has 0 unspecified atom stereocenters.